The normalized spacial score (nSPS) is 29.7. The summed E-state index contributed by atoms with van der Waals surface area (Å²) in [6, 6.07) is 0. The molecule has 0 radical (unpaired) electrons. The summed E-state index contributed by atoms with van der Waals surface area (Å²) >= 11 is 0. The van der Waals surface area contributed by atoms with Crippen molar-refractivity contribution < 1.29 is 9.53 Å². The standard InChI is InChI=1S/C13H24N2O2/c1-13(2,3)17-12(16)15-8-10-5-4-6-14-7-11(10)9-15/h10-11,14H,4-9H2,1-3H3/t10-,11+/m0/s1. The first-order chi connectivity index (χ1) is 7.96. The van der Waals surface area contributed by atoms with Crippen molar-refractivity contribution in [3.8, 4) is 0 Å². The van der Waals surface area contributed by atoms with Gasteiger partial charge >= 0.3 is 6.09 Å². The van der Waals surface area contributed by atoms with Crippen LogP contribution in [0.25, 0.3) is 0 Å². The van der Waals surface area contributed by atoms with Crippen LogP contribution in [0.5, 0.6) is 0 Å². The van der Waals surface area contributed by atoms with Crippen LogP contribution in [0.1, 0.15) is 33.6 Å². The fourth-order valence-electron chi connectivity index (χ4n) is 2.75. The Bertz CT molecular complexity index is 272. The van der Waals surface area contributed by atoms with Gasteiger partial charge in [-0.2, -0.15) is 0 Å². The third-order valence-electron chi connectivity index (χ3n) is 3.56. The first kappa shape index (κ1) is 12.7. The van der Waals surface area contributed by atoms with Gasteiger partial charge in [-0.05, 0) is 58.5 Å². The van der Waals surface area contributed by atoms with Crippen molar-refractivity contribution in [2.75, 3.05) is 26.2 Å². The van der Waals surface area contributed by atoms with Crippen LogP contribution < -0.4 is 5.32 Å². The number of nitrogens with one attached hydrogen (secondary N) is 1. The van der Waals surface area contributed by atoms with E-state index >= 15 is 0 Å². The van der Waals surface area contributed by atoms with Crippen LogP contribution in [-0.4, -0.2) is 42.8 Å². The van der Waals surface area contributed by atoms with Gasteiger partial charge in [0.15, 0.2) is 0 Å². The van der Waals surface area contributed by atoms with E-state index < -0.39 is 0 Å². The van der Waals surface area contributed by atoms with Crippen LogP contribution >= 0.6 is 0 Å². The highest BCUT2D eigenvalue weighted by Gasteiger charge is 2.37. The largest absolute Gasteiger partial charge is 0.444 e. The Morgan fingerprint density at radius 1 is 1.29 bits per heavy atom. The van der Waals surface area contributed by atoms with Crippen LogP contribution in [0.15, 0.2) is 0 Å². The van der Waals surface area contributed by atoms with E-state index in [0.717, 1.165) is 26.2 Å². The predicted octanol–water partition coefficient (Wildman–Crippen LogP) is 1.85. The molecule has 2 saturated heterocycles. The zero-order chi connectivity index (χ0) is 12.5. The molecule has 0 aromatic rings. The third kappa shape index (κ3) is 3.35. The minimum Gasteiger partial charge on any atom is -0.444 e. The van der Waals surface area contributed by atoms with Gasteiger partial charge < -0.3 is 15.0 Å². The number of fused-ring (bicyclic) bond motifs is 1. The minimum atomic E-state index is -0.389. The Hall–Kier alpha value is -0.770. The molecule has 4 nitrogen and oxygen atoms in total. The van der Waals surface area contributed by atoms with Crippen molar-refractivity contribution in [1.82, 2.24) is 10.2 Å². The van der Waals surface area contributed by atoms with Crippen molar-refractivity contribution in [1.29, 1.82) is 0 Å². The zero-order valence-electron chi connectivity index (χ0n) is 11.2. The maximum Gasteiger partial charge on any atom is 0.410 e. The van der Waals surface area contributed by atoms with Crippen LogP contribution in [-0.2, 0) is 4.74 Å². The van der Waals surface area contributed by atoms with Gasteiger partial charge in [0.05, 0.1) is 0 Å². The number of nitrogens with zero attached hydrogens (tertiary/aromatic N) is 1. The third-order valence-corrected chi connectivity index (χ3v) is 3.56. The van der Waals surface area contributed by atoms with Gasteiger partial charge in [-0.1, -0.05) is 0 Å². The fraction of sp³-hybridized carbons (Fsp3) is 0.923. The lowest BCUT2D eigenvalue weighted by atomic mass is 9.93. The van der Waals surface area contributed by atoms with Crippen LogP contribution in [0.4, 0.5) is 4.79 Å². The quantitative estimate of drug-likeness (QED) is 0.702. The molecule has 98 valence electrons. The summed E-state index contributed by atoms with van der Waals surface area (Å²) in [6.45, 7) is 9.65. The topological polar surface area (TPSA) is 41.6 Å². The van der Waals surface area contributed by atoms with Gasteiger partial charge in [-0.15, -0.1) is 0 Å². The molecule has 2 aliphatic heterocycles. The van der Waals surface area contributed by atoms with Gasteiger partial charge in [0, 0.05) is 13.1 Å². The average molecular weight is 240 g/mol. The van der Waals surface area contributed by atoms with Gasteiger partial charge in [0.2, 0.25) is 0 Å². The first-order valence-corrected chi connectivity index (χ1v) is 6.64. The SMILES string of the molecule is CC(C)(C)OC(=O)N1C[C@H]2CNCCC[C@H]2C1. The molecule has 1 N–H and O–H groups in total. The molecule has 17 heavy (non-hydrogen) atoms. The molecule has 2 rings (SSSR count). The number of hydrogen-bond acceptors (Lipinski definition) is 3. The Labute approximate surface area is 104 Å². The summed E-state index contributed by atoms with van der Waals surface area (Å²) in [5.41, 5.74) is -0.389. The Kier molecular flexibility index (Phi) is 3.61. The van der Waals surface area contributed by atoms with E-state index in [-0.39, 0.29) is 11.7 Å². The van der Waals surface area contributed by atoms with E-state index in [9.17, 15) is 4.79 Å². The number of carbonyl (C=O) groups is 1. The maximum absolute atomic E-state index is 12.0. The van der Waals surface area contributed by atoms with E-state index in [0.29, 0.717) is 11.8 Å². The molecule has 0 aliphatic carbocycles. The summed E-state index contributed by atoms with van der Waals surface area (Å²) in [5, 5.41) is 3.45. The van der Waals surface area contributed by atoms with Crippen LogP contribution in [0, 0.1) is 11.8 Å². The van der Waals surface area contributed by atoms with Crippen molar-refractivity contribution in [2.45, 2.75) is 39.2 Å². The number of rotatable bonds is 0. The molecule has 0 saturated carbocycles. The smallest absolute Gasteiger partial charge is 0.410 e. The van der Waals surface area contributed by atoms with Crippen LogP contribution in [0.3, 0.4) is 0 Å². The lowest BCUT2D eigenvalue weighted by Gasteiger charge is -2.24. The van der Waals surface area contributed by atoms with Gasteiger partial charge in [-0.3, -0.25) is 0 Å². The summed E-state index contributed by atoms with van der Waals surface area (Å²) in [4.78, 5) is 13.9. The number of carbonyl (C=O) groups excluding carboxylic acids is 1. The summed E-state index contributed by atoms with van der Waals surface area (Å²) in [6.07, 6.45) is 2.31. The van der Waals surface area contributed by atoms with Crippen molar-refractivity contribution in [3.05, 3.63) is 0 Å². The van der Waals surface area contributed by atoms with E-state index in [1.165, 1.54) is 12.8 Å². The number of amides is 1. The molecule has 0 spiro atoms. The number of likely N-dealkylation sites (tertiary alicyclic amines) is 1. The first-order valence-electron chi connectivity index (χ1n) is 6.64. The lowest BCUT2D eigenvalue weighted by Crippen LogP contribution is -2.36. The second-order valence-corrected chi connectivity index (χ2v) is 6.25. The molecule has 2 heterocycles. The van der Waals surface area contributed by atoms with Crippen LogP contribution in [0.2, 0.25) is 0 Å². The van der Waals surface area contributed by atoms with Gasteiger partial charge in [0.25, 0.3) is 0 Å². The van der Waals surface area contributed by atoms with E-state index in [2.05, 4.69) is 5.32 Å². The number of ether oxygens (including phenoxy) is 1. The Morgan fingerprint density at radius 2 is 2.00 bits per heavy atom. The molecular formula is C13H24N2O2. The molecule has 2 aliphatic rings. The molecule has 0 unspecified atom stereocenters. The van der Waals surface area contributed by atoms with Crippen molar-refractivity contribution in [2.24, 2.45) is 11.8 Å². The molecule has 2 fully saturated rings. The maximum atomic E-state index is 12.0. The highest BCUT2D eigenvalue weighted by atomic mass is 16.6. The number of hydrogen-bond donors (Lipinski definition) is 1. The molecule has 0 aromatic heterocycles. The minimum absolute atomic E-state index is 0.148. The molecule has 0 bridgehead atoms. The second kappa shape index (κ2) is 4.84. The molecule has 1 amide bonds. The van der Waals surface area contributed by atoms with Crippen molar-refractivity contribution >= 4 is 6.09 Å². The lowest BCUT2D eigenvalue weighted by molar-refractivity contribution is 0.0283. The summed E-state index contributed by atoms with van der Waals surface area (Å²) < 4.78 is 5.43. The van der Waals surface area contributed by atoms with Gasteiger partial charge in [0.1, 0.15) is 5.60 Å². The average Bonchev–Trinajstić information content (AvgIpc) is 2.48. The Balaban J connectivity index is 1.90. The van der Waals surface area contributed by atoms with E-state index in [1.54, 1.807) is 0 Å². The predicted molar refractivity (Wildman–Crippen MR) is 66.9 cm³/mol. The zero-order valence-corrected chi connectivity index (χ0v) is 11.2. The summed E-state index contributed by atoms with van der Waals surface area (Å²) in [7, 11) is 0. The highest BCUT2D eigenvalue weighted by Crippen LogP contribution is 2.29. The summed E-state index contributed by atoms with van der Waals surface area (Å²) in [5.74, 6) is 1.28. The molecule has 0 aromatic carbocycles. The van der Waals surface area contributed by atoms with Crippen molar-refractivity contribution in [3.63, 3.8) is 0 Å². The Morgan fingerprint density at radius 3 is 2.71 bits per heavy atom. The molecule has 4 heteroatoms. The highest BCUT2D eigenvalue weighted by molar-refractivity contribution is 5.68. The second-order valence-electron chi connectivity index (χ2n) is 6.25. The fourth-order valence-corrected chi connectivity index (χ4v) is 2.75. The molecule has 2 atom stereocenters. The molecular weight excluding hydrogens is 216 g/mol. The monoisotopic (exact) mass is 240 g/mol. The van der Waals surface area contributed by atoms with Gasteiger partial charge in [-0.25, -0.2) is 4.79 Å². The van der Waals surface area contributed by atoms with E-state index in [1.807, 2.05) is 25.7 Å². The van der Waals surface area contributed by atoms with E-state index in [4.69, 9.17) is 4.74 Å².